The zero-order chi connectivity index (χ0) is 20.6. The number of guanidine groups is 1. The molecule has 0 saturated carbocycles. The summed E-state index contributed by atoms with van der Waals surface area (Å²) in [5.74, 6) is 2.43. The lowest BCUT2D eigenvalue weighted by atomic mass is 10.00. The van der Waals surface area contributed by atoms with Gasteiger partial charge in [-0.25, -0.2) is 4.98 Å². The van der Waals surface area contributed by atoms with Crippen LogP contribution in [-0.2, 0) is 0 Å². The van der Waals surface area contributed by atoms with E-state index < -0.39 is 0 Å². The van der Waals surface area contributed by atoms with Gasteiger partial charge in [-0.05, 0) is 51.3 Å². The molecule has 1 unspecified atom stereocenters. The van der Waals surface area contributed by atoms with Gasteiger partial charge in [-0.2, -0.15) is 0 Å². The fourth-order valence-electron chi connectivity index (χ4n) is 3.78. The van der Waals surface area contributed by atoms with E-state index in [2.05, 4.69) is 90.7 Å². The smallest absolute Gasteiger partial charge is 0.191 e. The summed E-state index contributed by atoms with van der Waals surface area (Å²) in [7, 11) is 0. The van der Waals surface area contributed by atoms with Crippen LogP contribution in [-0.4, -0.2) is 43.2 Å². The molecule has 2 N–H and O–H groups in total. The summed E-state index contributed by atoms with van der Waals surface area (Å²) >= 11 is 0. The minimum atomic E-state index is 0.402. The molecule has 1 atom stereocenters. The molecule has 0 radical (unpaired) electrons. The molecule has 156 valence electrons. The van der Waals surface area contributed by atoms with E-state index in [0.717, 1.165) is 56.5 Å². The summed E-state index contributed by atoms with van der Waals surface area (Å²) in [6, 6.07) is 15.4. The van der Waals surface area contributed by atoms with E-state index in [0.29, 0.717) is 12.0 Å². The second-order valence-electron chi connectivity index (χ2n) is 8.08. The zero-order valence-electron chi connectivity index (χ0n) is 18.3. The Balaban J connectivity index is 1.54. The van der Waals surface area contributed by atoms with Crippen LogP contribution in [0.4, 0.5) is 5.82 Å². The molecule has 2 aromatic rings. The minimum Gasteiger partial charge on any atom is -0.357 e. The van der Waals surface area contributed by atoms with Gasteiger partial charge in [0.2, 0.25) is 0 Å². The highest BCUT2D eigenvalue weighted by Gasteiger charge is 2.21. The van der Waals surface area contributed by atoms with Gasteiger partial charge in [0.25, 0.3) is 0 Å². The van der Waals surface area contributed by atoms with Crippen molar-refractivity contribution in [3.05, 3.63) is 59.3 Å². The van der Waals surface area contributed by atoms with Gasteiger partial charge in [-0.3, -0.25) is 4.99 Å². The van der Waals surface area contributed by atoms with E-state index in [4.69, 9.17) is 4.99 Å². The summed E-state index contributed by atoms with van der Waals surface area (Å²) in [6.45, 7) is 12.3. The molecule has 1 saturated heterocycles. The van der Waals surface area contributed by atoms with Crippen LogP contribution in [0.2, 0.25) is 0 Å². The molecule has 2 heterocycles. The molecule has 1 fully saturated rings. The summed E-state index contributed by atoms with van der Waals surface area (Å²) in [5, 5.41) is 7.06. The number of aryl methyl sites for hydroxylation is 2. The van der Waals surface area contributed by atoms with Crippen LogP contribution in [0.3, 0.4) is 0 Å². The number of nitrogens with one attached hydrogen (secondary N) is 2. The average Bonchev–Trinajstić information content (AvgIpc) is 2.72. The van der Waals surface area contributed by atoms with Crippen LogP contribution in [0.15, 0.2) is 47.5 Å². The average molecular weight is 394 g/mol. The molecule has 0 amide bonds. The molecule has 5 heteroatoms. The number of rotatable bonds is 6. The number of hydrogen-bond acceptors (Lipinski definition) is 3. The number of pyridine rings is 1. The number of anilines is 1. The van der Waals surface area contributed by atoms with Crippen LogP contribution >= 0.6 is 0 Å². The summed E-state index contributed by atoms with van der Waals surface area (Å²) in [5.41, 5.74) is 3.73. The Bertz CT molecular complexity index is 808. The quantitative estimate of drug-likeness (QED) is 0.575. The van der Waals surface area contributed by atoms with Gasteiger partial charge >= 0.3 is 0 Å². The molecule has 3 rings (SSSR count). The largest absolute Gasteiger partial charge is 0.357 e. The number of aliphatic imine (C=N–C) groups is 1. The Kier molecular flexibility index (Phi) is 7.50. The second kappa shape index (κ2) is 10.3. The van der Waals surface area contributed by atoms with Crippen LogP contribution in [0, 0.1) is 13.8 Å². The van der Waals surface area contributed by atoms with Crippen molar-refractivity contribution >= 4 is 11.8 Å². The predicted molar refractivity (Wildman–Crippen MR) is 123 cm³/mol. The van der Waals surface area contributed by atoms with Gasteiger partial charge in [-0.15, -0.1) is 0 Å². The molecule has 0 aliphatic carbocycles. The van der Waals surface area contributed by atoms with Crippen LogP contribution in [0.25, 0.3) is 0 Å². The Hall–Kier alpha value is -2.56. The van der Waals surface area contributed by atoms with E-state index >= 15 is 0 Å². The summed E-state index contributed by atoms with van der Waals surface area (Å²) in [6.07, 6.45) is 2.18. The molecule has 0 bridgehead atoms. The zero-order valence-corrected chi connectivity index (χ0v) is 18.3. The third-order valence-electron chi connectivity index (χ3n) is 5.51. The lowest BCUT2D eigenvalue weighted by molar-refractivity contribution is 0.459. The van der Waals surface area contributed by atoms with E-state index in [-0.39, 0.29) is 0 Å². The molecule has 1 aliphatic heterocycles. The van der Waals surface area contributed by atoms with E-state index in [9.17, 15) is 0 Å². The SMILES string of the molecule is CCNC(=NCC(C)c1cccc(C)c1)NC1CCN(c2cccc(C)n2)CC1. The van der Waals surface area contributed by atoms with Crippen molar-refractivity contribution in [1.82, 2.24) is 15.6 Å². The van der Waals surface area contributed by atoms with Crippen LogP contribution < -0.4 is 15.5 Å². The van der Waals surface area contributed by atoms with Crippen molar-refractivity contribution in [2.24, 2.45) is 4.99 Å². The maximum atomic E-state index is 4.87. The van der Waals surface area contributed by atoms with Gasteiger partial charge in [0.15, 0.2) is 5.96 Å². The number of piperidine rings is 1. The maximum Gasteiger partial charge on any atom is 0.191 e. The number of hydrogen-bond donors (Lipinski definition) is 2. The molecule has 1 aromatic heterocycles. The van der Waals surface area contributed by atoms with Gasteiger partial charge in [0.05, 0.1) is 0 Å². The van der Waals surface area contributed by atoms with Gasteiger partial charge in [0.1, 0.15) is 5.82 Å². The maximum absolute atomic E-state index is 4.87. The van der Waals surface area contributed by atoms with Crippen molar-refractivity contribution in [2.45, 2.75) is 52.5 Å². The number of benzene rings is 1. The Morgan fingerprint density at radius 2 is 1.93 bits per heavy atom. The number of aromatic nitrogens is 1. The van der Waals surface area contributed by atoms with E-state index in [1.165, 1.54) is 11.1 Å². The second-order valence-corrected chi connectivity index (χ2v) is 8.08. The third-order valence-corrected chi connectivity index (χ3v) is 5.51. The Labute approximate surface area is 175 Å². The third kappa shape index (κ3) is 6.21. The number of nitrogens with zero attached hydrogens (tertiary/aromatic N) is 3. The Morgan fingerprint density at radius 1 is 1.17 bits per heavy atom. The molecular formula is C24H35N5. The van der Waals surface area contributed by atoms with Gasteiger partial charge in [-0.1, -0.05) is 42.8 Å². The molecule has 5 nitrogen and oxygen atoms in total. The highest BCUT2D eigenvalue weighted by atomic mass is 15.2. The van der Waals surface area contributed by atoms with Crippen molar-refractivity contribution in [3.63, 3.8) is 0 Å². The first-order valence-electron chi connectivity index (χ1n) is 10.8. The van der Waals surface area contributed by atoms with Crippen molar-refractivity contribution in [2.75, 3.05) is 31.1 Å². The van der Waals surface area contributed by atoms with Gasteiger partial charge in [0, 0.05) is 43.8 Å². The molecule has 29 heavy (non-hydrogen) atoms. The minimum absolute atomic E-state index is 0.402. The van der Waals surface area contributed by atoms with Crippen molar-refractivity contribution < 1.29 is 0 Å². The first kappa shape index (κ1) is 21.2. The van der Waals surface area contributed by atoms with E-state index in [1.807, 2.05) is 0 Å². The van der Waals surface area contributed by atoms with Crippen molar-refractivity contribution in [1.29, 1.82) is 0 Å². The highest BCUT2D eigenvalue weighted by molar-refractivity contribution is 5.80. The fraction of sp³-hybridized carbons (Fsp3) is 0.500. The fourth-order valence-corrected chi connectivity index (χ4v) is 3.78. The topological polar surface area (TPSA) is 52.6 Å². The molecule has 0 spiro atoms. The van der Waals surface area contributed by atoms with Crippen LogP contribution in [0.1, 0.15) is 49.4 Å². The molecule has 1 aromatic carbocycles. The first-order chi connectivity index (χ1) is 14.0. The molecular weight excluding hydrogens is 358 g/mol. The first-order valence-corrected chi connectivity index (χ1v) is 10.8. The molecule has 1 aliphatic rings. The van der Waals surface area contributed by atoms with Gasteiger partial charge < -0.3 is 15.5 Å². The van der Waals surface area contributed by atoms with Crippen molar-refractivity contribution in [3.8, 4) is 0 Å². The van der Waals surface area contributed by atoms with Crippen LogP contribution in [0.5, 0.6) is 0 Å². The summed E-state index contributed by atoms with van der Waals surface area (Å²) in [4.78, 5) is 11.9. The van der Waals surface area contributed by atoms with E-state index in [1.54, 1.807) is 0 Å². The Morgan fingerprint density at radius 3 is 2.62 bits per heavy atom. The highest BCUT2D eigenvalue weighted by Crippen LogP contribution is 2.19. The predicted octanol–water partition coefficient (Wildman–Crippen LogP) is 4.03. The lowest BCUT2D eigenvalue weighted by Crippen LogP contribution is -2.49. The monoisotopic (exact) mass is 393 g/mol. The standard InChI is InChI=1S/C24H35N5/c1-5-25-24(26-17-19(3)21-10-6-8-18(2)16-21)28-22-12-14-29(15-13-22)23-11-7-9-20(4)27-23/h6-11,16,19,22H,5,12-15,17H2,1-4H3,(H2,25,26,28). The normalized spacial score (nSPS) is 16.6. The lowest BCUT2D eigenvalue weighted by Gasteiger charge is -2.34. The summed E-state index contributed by atoms with van der Waals surface area (Å²) < 4.78 is 0.